The van der Waals surface area contributed by atoms with Gasteiger partial charge in [-0.1, -0.05) is 19.1 Å². The normalized spacial score (nSPS) is 17.6. The van der Waals surface area contributed by atoms with E-state index in [2.05, 4.69) is 20.3 Å². The van der Waals surface area contributed by atoms with E-state index in [-0.39, 0.29) is 17.4 Å². The molecule has 1 saturated heterocycles. The second-order valence-corrected chi connectivity index (χ2v) is 6.62. The highest BCUT2D eigenvalue weighted by Gasteiger charge is 2.24. The molecule has 26 heavy (non-hydrogen) atoms. The first-order chi connectivity index (χ1) is 12.7. The minimum atomic E-state index is -0.0882. The van der Waals surface area contributed by atoms with Crippen LogP contribution in [-0.4, -0.2) is 44.9 Å². The molecule has 0 saturated carbocycles. The third-order valence-corrected chi connectivity index (χ3v) is 4.92. The molecule has 3 heterocycles. The second-order valence-electron chi connectivity index (χ2n) is 6.62. The summed E-state index contributed by atoms with van der Waals surface area (Å²) in [6.07, 6.45) is 3.83. The maximum atomic E-state index is 13.0. The minimum Gasteiger partial charge on any atom is -0.365 e. The fourth-order valence-electron chi connectivity index (χ4n) is 3.60. The predicted octanol–water partition coefficient (Wildman–Crippen LogP) is 2.28. The Bertz CT molecular complexity index is 1030. The van der Waals surface area contributed by atoms with E-state index in [1.165, 1.54) is 6.33 Å². The van der Waals surface area contributed by atoms with E-state index in [1.54, 1.807) is 6.07 Å². The lowest BCUT2D eigenvalue weighted by Crippen LogP contribution is -2.45. The summed E-state index contributed by atoms with van der Waals surface area (Å²) in [5.41, 5.74) is 1.19. The number of para-hydroxylation sites is 1. The zero-order chi connectivity index (χ0) is 18.1. The van der Waals surface area contributed by atoms with Crippen molar-refractivity contribution in [1.29, 1.82) is 0 Å². The van der Waals surface area contributed by atoms with Gasteiger partial charge in [-0.15, -0.1) is 0 Å². The van der Waals surface area contributed by atoms with Crippen LogP contribution in [0.4, 0.5) is 5.82 Å². The largest absolute Gasteiger partial charge is 0.365 e. The lowest BCUT2D eigenvalue weighted by atomic mass is 10.0. The molecule has 7 nitrogen and oxygen atoms in total. The van der Waals surface area contributed by atoms with Crippen molar-refractivity contribution in [3.05, 3.63) is 40.8 Å². The van der Waals surface area contributed by atoms with Gasteiger partial charge in [0.05, 0.1) is 5.52 Å². The number of hydrogen-bond acceptors (Lipinski definition) is 5. The molecule has 0 spiro atoms. The van der Waals surface area contributed by atoms with Gasteiger partial charge in [0.15, 0.2) is 0 Å². The van der Waals surface area contributed by atoms with Crippen LogP contribution in [0.3, 0.4) is 0 Å². The number of amides is 1. The summed E-state index contributed by atoms with van der Waals surface area (Å²) in [6, 6.07) is 7.46. The number of aromatic nitrogens is 3. The SMILES string of the molecule is CCC(=O)N1CCC[C@@H](Nc2ncnc3[nH]c4ccccc4c(=O)c23)C1. The average Bonchev–Trinajstić information content (AvgIpc) is 2.68. The average molecular weight is 351 g/mol. The first-order valence-electron chi connectivity index (χ1n) is 8.97. The third-order valence-electron chi connectivity index (χ3n) is 4.92. The predicted molar refractivity (Wildman–Crippen MR) is 101 cm³/mol. The van der Waals surface area contributed by atoms with Gasteiger partial charge >= 0.3 is 0 Å². The van der Waals surface area contributed by atoms with Gasteiger partial charge in [-0.2, -0.15) is 0 Å². The molecule has 1 aromatic carbocycles. The van der Waals surface area contributed by atoms with E-state index in [0.29, 0.717) is 35.2 Å². The van der Waals surface area contributed by atoms with Crippen molar-refractivity contribution in [1.82, 2.24) is 19.9 Å². The monoisotopic (exact) mass is 351 g/mol. The highest BCUT2D eigenvalue weighted by Crippen LogP contribution is 2.21. The number of carbonyl (C=O) groups is 1. The van der Waals surface area contributed by atoms with Crippen LogP contribution in [-0.2, 0) is 4.79 Å². The van der Waals surface area contributed by atoms with Gasteiger partial charge < -0.3 is 15.2 Å². The fourth-order valence-corrected chi connectivity index (χ4v) is 3.60. The molecule has 3 aromatic rings. The van der Waals surface area contributed by atoms with Crippen LogP contribution in [0.5, 0.6) is 0 Å². The standard InChI is InChI=1S/C19H21N5O2/c1-2-15(25)24-9-5-6-12(10-24)22-18-16-17(26)13-7-3-4-8-14(13)23-19(16)21-11-20-18/h3-4,7-8,11-12H,2,5-6,9-10H2,1H3,(H2,20,21,22,23,26)/t12-/m1/s1. The summed E-state index contributed by atoms with van der Waals surface area (Å²) in [7, 11) is 0. The Hall–Kier alpha value is -2.96. The van der Waals surface area contributed by atoms with Gasteiger partial charge in [0.1, 0.15) is 23.2 Å². The molecular formula is C19H21N5O2. The Morgan fingerprint density at radius 2 is 2.19 bits per heavy atom. The van der Waals surface area contributed by atoms with Crippen molar-refractivity contribution in [2.24, 2.45) is 0 Å². The Labute approximate surface area is 150 Å². The van der Waals surface area contributed by atoms with Crippen LogP contribution in [0, 0.1) is 0 Å². The molecule has 1 aliphatic heterocycles. The highest BCUT2D eigenvalue weighted by molar-refractivity contribution is 5.96. The number of H-pyrrole nitrogens is 1. The van der Waals surface area contributed by atoms with Gasteiger partial charge in [0.2, 0.25) is 11.3 Å². The van der Waals surface area contributed by atoms with Crippen LogP contribution in [0.1, 0.15) is 26.2 Å². The smallest absolute Gasteiger partial charge is 0.222 e. The Balaban J connectivity index is 1.72. The maximum Gasteiger partial charge on any atom is 0.222 e. The zero-order valence-electron chi connectivity index (χ0n) is 14.7. The Kier molecular flexibility index (Phi) is 4.28. The number of rotatable bonds is 3. The van der Waals surface area contributed by atoms with Crippen molar-refractivity contribution in [3.63, 3.8) is 0 Å². The number of nitrogens with one attached hydrogen (secondary N) is 2. The summed E-state index contributed by atoms with van der Waals surface area (Å²) < 4.78 is 0. The Morgan fingerprint density at radius 1 is 1.35 bits per heavy atom. The molecule has 1 fully saturated rings. The molecule has 2 aromatic heterocycles. The summed E-state index contributed by atoms with van der Waals surface area (Å²) in [5.74, 6) is 0.686. The molecule has 0 unspecified atom stereocenters. The van der Waals surface area contributed by atoms with Crippen LogP contribution in [0.2, 0.25) is 0 Å². The topological polar surface area (TPSA) is 91.0 Å². The van der Waals surface area contributed by atoms with E-state index in [4.69, 9.17) is 0 Å². The van der Waals surface area contributed by atoms with Gasteiger partial charge in [0.25, 0.3) is 0 Å². The lowest BCUT2D eigenvalue weighted by molar-refractivity contribution is -0.131. The summed E-state index contributed by atoms with van der Waals surface area (Å²) in [4.78, 5) is 38.6. The number of benzene rings is 1. The lowest BCUT2D eigenvalue weighted by Gasteiger charge is -2.33. The van der Waals surface area contributed by atoms with E-state index >= 15 is 0 Å². The van der Waals surface area contributed by atoms with Gasteiger partial charge in [-0.3, -0.25) is 9.59 Å². The molecule has 134 valence electrons. The van der Waals surface area contributed by atoms with Crippen molar-refractivity contribution < 1.29 is 4.79 Å². The van der Waals surface area contributed by atoms with Crippen LogP contribution in [0.15, 0.2) is 35.4 Å². The van der Waals surface area contributed by atoms with Gasteiger partial charge in [-0.25, -0.2) is 9.97 Å². The number of likely N-dealkylation sites (tertiary alicyclic amines) is 1. The van der Waals surface area contributed by atoms with Crippen LogP contribution in [0.25, 0.3) is 21.9 Å². The molecular weight excluding hydrogens is 330 g/mol. The van der Waals surface area contributed by atoms with E-state index in [9.17, 15) is 9.59 Å². The van der Waals surface area contributed by atoms with E-state index < -0.39 is 0 Å². The summed E-state index contributed by atoms with van der Waals surface area (Å²) in [6.45, 7) is 3.30. The number of anilines is 1. The molecule has 1 amide bonds. The van der Waals surface area contributed by atoms with E-state index in [1.807, 2.05) is 30.0 Å². The molecule has 1 atom stereocenters. The third kappa shape index (κ3) is 2.89. The number of fused-ring (bicyclic) bond motifs is 2. The highest BCUT2D eigenvalue weighted by atomic mass is 16.2. The van der Waals surface area contributed by atoms with Crippen molar-refractivity contribution in [3.8, 4) is 0 Å². The fraction of sp³-hybridized carbons (Fsp3) is 0.368. The second kappa shape index (κ2) is 6.74. The quantitative estimate of drug-likeness (QED) is 0.707. The molecule has 7 heteroatoms. The number of piperidine rings is 1. The number of nitrogens with zero attached hydrogens (tertiary/aromatic N) is 3. The summed E-state index contributed by atoms with van der Waals surface area (Å²) >= 11 is 0. The molecule has 1 aliphatic rings. The number of hydrogen-bond donors (Lipinski definition) is 2. The first-order valence-corrected chi connectivity index (χ1v) is 8.97. The van der Waals surface area contributed by atoms with E-state index in [0.717, 1.165) is 24.9 Å². The molecule has 0 radical (unpaired) electrons. The molecule has 0 bridgehead atoms. The Morgan fingerprint density at radius 3 is 3.04 bits per heavy atom. The zero-order valence-corrected chi connectivity index (χ0v) is 14.7. The van der Waals surface area contributed by atoms with Crippen molar-refractivity contribution >= 4 is 33.7 Å². The van der Waals surface area contributed by atoms with Crippen LogP contribution >= 0.6 is 0 Å². The number of aromatic amines is 1. The van der Waals surface area contributed by atoms with Gasteiger partial charge in [0, 0.05) is 30.9 Å². The minimum absolute atomic E-state index is 0.0724. The van der Waals surface area contributed by atoms with Crippen molar-refractivity contribution in [2.45, 2.75) is 32.2 Å². The molecule has 4 rings (SSSR count). The van der Waals surface area contributed by atoms with Gasteiger partial charge in [-0.05, 0) is 25.0 Å². The van der Waals surface area contributed by atoms with Crippen LogP contribution < -0.4 is 10.7 Å². The number of pyridine rings is 1. The number of carbonyl (C=O) groups excluding carboxylic acids is 1. The summed E-state index contributed by atoms with van der Waals surface area (Å²) in [5, 5.41) is 4.45. The first kappa shape index (κ1) is 16.5. The molecule has 0 aliphatic carbocycles. The maximum absolute atomic E-state index is 13.0. The molecule has 2 N–H and O–H groups in total. The van der Waals surface area contributed by atoms with Crippen molar-refractivity contribution in [2.75, 3.05) is 18.4 Å².